The van der Waals surface area contributed by atoms with Crippen molar-refractivity contribution in [2.75, 3.05) is 13.4 Å². The lowest BCUT2D eigenvalue weighted by atomic mass is 10.2. The molecule has 126 valence electrons. The molecular weight excluding hydrogens is 408 g/mol. The van der Waals surface area contributed by atoms with Crippen LogP contribution in [0.2, 0.25) is 0 Å². The Morgan fingerprint density at radius 2 is 1.96 bits per heavy atom. The standard InChI is InChI=1S/C17H17BrN2O2S2/c1-22-15-8-5-12(9-14(15)18)16(21)20-17(23)19-10-11-3-6-13(24-2)7-4-11/h3-9H,10H2,1-2H3,(H2,19,20,21,23). The molecule has 0 aliphatic carbocycles. The summed E-state index contributed by atoms with van der Waals surface area (Å²) in [5.74, 6) is 0.398. The zero-order valence-electron chi connectivity index (χ0n) is 13.3. The number of hydrogen-bond acceptors (Lipinski definition) is 4. The molecule has 0 saturated carbocycles. The summed E-state index contributed by atoms with van der Waals surface area (Å²) in [5.41, 5.74) is 1.59. The zero-order chi connectivity index (χ0) is 17.5. The second kappa shape index (κ2) is 9.05. The van der Waals surface area contributed by atoms with Gasteiger partial charge in [-0.1, -0.05) is 12.1 Å². The molecule has 2 N–H and O–H groups in total. The van der Waals surface area contributed by atoms with E-state index in [1.165, 1.54) is 4.90 Å². The van der Waals surface area contributed by atoms with Gasteiger partial charge >= 0.3 is 0 Å². The lowest BCUT2D eigenvalue weighted by Crippen LogP contribution is -2.38. The lowest BCUT2D eigenvalue weighted by Gasteiger charge is -2.11. The average Bonchev–Trinajstić information content (AvgIpc) is 2.60. The molecule has 0 aromatic heterocycles. The first-order chi connectivity index (χ1) is 11.5. The van der Waals surface area contributed by atoms with E-state index in [4.69, 9.17) is 17.0 Å². The fourth-order valence-corrected chi connectivity index (χ4v) is 3.07. The van der Waals surface area contributed by atoms with Gasteiger partial charge in [-0.2, -0.15) is 0 Å². The van der Waals surface area contributed by atoms with E-state index in [1.807, 2.05) is 18.4 Å². The largest absolute Gasteiger partial charge is 0.496 e. The number of rotatable bonds is 5. The summed E-state index contributed by atoms with van der Waals surface area (Å²) in [6.45, 7) is 0.556. The minimum atomic E-state index is -0.270. The minimum Gasteiger partial charge on any atom is -0.496 e. The maximum Gasteiger partial charge on any atom is 0.257 e. The summed E-state index contributed by atoms with van der Waals surface area (Å²) in [6.07, 6.45) is 2.04. The number of benzene rings is 2. The summed E-state index contributed by atoms with van der Waals surface area (Å²) in [6, 6.07) is 13.3. The van der Waals surface area contributed by atoms with Gasteiger partial charge in [0, 0.05) is 17.0 Å². The first-order valence-corrected chi connectivity index (χ1v) is 9.51. The lowest BCUT2D eigenvalue weighted by molar-refractivity contribution is 0.0976. The molecule has 7 heteroatoms. The highest BCUT2D eigenvalue weighted by atomic mass is 79.9. The number of nitrogens with one attached hydrogen (secondary N) is 2. The molecule has 4 nitrogen and oxygen atoms in total. The Balaban J connectivity index is 1.89. The number of thioether (sulfide) groups is 1. The van der Waals surface area contributed by atoms with Crippen LogP contribution in [0.4, 0.5) is 0 Å². The molecular formula is C17H17BrN2O2S2. The molecule has 0 atom stereocenters. The number of methoxy groups -OCH3 is 1. The number of halogens is 1. The maximum absolute atomic E-state index is 12.2. The average molecular weight is 425 g/mol. The van der Waals surface area contributed by atoms with Crippen molar-refractivity contribution in [3.8, 4) is 5.75 Å². The molecule has 0 radical (unpaired) electrons. The van der Waals surface area contributed by atoms with Crippen LogP contribution in [0.25, 0.3) is 0 Å². The van der Waals surface area contributed by atoms with Crippen molar-refractivity contribution in [2.24, 2.45) is 0 Å². The Morgan fingerprint density at radius 3 is 2.54 bits per heavy atom. The first kappa shape index (κ1) is 18.8. The van der Waals surface area contributed by atoms with Gasteiger partial charge in [-0.25, -0.2) is 0 Å². The third kappa shape index (κ3) is 5.22. The van der Waals surface area contributed by atoms with E-state index in [1.54, 1.807) is 37.1 Å². The number of carbonyl (C=O) groups is 1. The Kier molecular flexibility index (Phi) is 7.08. The van der Waals surface area contributed by atoms with Crippen molar-refractivity contribution in [3.05, 3.63) is 58.1 Å². The van der Waals surface area contributed by atoms with Crippen molar-refractivity contribution < 1.29 is 9.53 Å². The van der Waals surface area contributed by atoms with Gasteiger partial charge in [-0.3, -0.25) is 10.1 Å². The van der Waals surface area contributed by atoms with Crippen molar-refractivity contribution in [1.29, 1.82) is 0 Å². The van der Waals surface area contributed by atoms with Crippen molar-refractivity contribution >= 4 is 50.9 Å². The van der Waals surface area contributed by atoms with E-state index < -0.39 is 0 Å². The molecule has 2 rings (SSSR count). The van der Waals surface area contributed by atoms with Crippen molar-refractivity contribution in [3.63, 3.8) is 0 Å². The van der Waals surface area contributed by atoms with Crippen LogP contribution in [0, 0.1) is 0 Å². The third-order valence-electron chi connectivity index (χ3n) is 3.25. The maximum atomic E-state index is 12.2. The van der Waals surface area contributed by atoms with Gasteiger partial charge in [0.2, 0.25) is 0 Å². The van der Waals surface area contributed by atoms with Gasteiger partial charge in [0.15, 0.2) is 5.11 Å². The van der Waals surface area contributed by atoms with Crippen LogP contribution in [0.15, 0.2) is 51.8 Å². The smallest absolute Gasteiger partial charge is 0.257 e. The number of hydrogen-bond donors (Lipinski definition) is 2. The number of thiocarbonyl (C=S) groups is 1. The molecule has 1 amide bonds. The van der Waals surface area contributed by atoms with Gasteiger partial charge in [0.05, 0.1) is 11.6 Å². The van der Waals surface area contributed by atoms with Crippen molar-refractivity contribution in [1.82, 2.24) is 10.6 Å². The summed E-state index contributed by atoms with van der Waals surface area (Å²) in [5, 5.41) is 5.99. The quantitative estimate of drug-likeness (QED) is 0.561. The van der Waals surface area contributed by atoms with Crippen LogP contribution in [-0.4, -0.2) is 24.4 Å². The Labute approximate surface area is 159 Å². The monoisotopic (exact) mass is 424 g/mol. The second-order valence-electron chi connectivity index (χ2n) is 4.83. The molecule has 0 heterocycles. The van der Waals surface area contributed by atoms with Crippen LogP contribution in [0.3, 0.4) is 0 Å². The highest BCUT2D eigenvalue weighted by molar-refractivity contribution is 9.10. The highest BCUT2D eigenvalue weighted by Crippen LogP contribution is 2.25. The molecule has 0 aliphatic rings. The van der Waals surface area contributed by atoms with Crippen LogP contribution in [0.1, 0.15) is 15.9 Å². The molecule has 0 saturated heterocycles. The molecule has 2 aromatic rings. The SMILES string of the molecule is COc1ccc(C(=O)NC(=S)NCc2ccc(SC)cc2)cc1Br. The third-order valence-corrected chi connectivity index (χ3v) is 4.86. The topological polar surface area (TPSA) is 50.4 Å². The molecule has 2 aromatic carbocycles. The second-order valence-corrected chi connectivity index (χ2v) is 6.98. The van der Waals surface area contributed by atoms with Crippen LogP contribution >= 0.6 is 39.9 Å². The van der Waals surface area contributed by atoms with Gasteiger partial charge in [0.25, 0.3) is 5.91 Å². The number of ether oxygens (including phenoxy) is 1. The van der Waals surface area contributed by atoms with E-state index in [0.29, 0.717) is 27.4 Å². The summed E-state index contributed by atoms with van der Waals surface area (Å²) >= 11 is 10.2. The highest BCUT2D eigenvalue weighted by Gasteiger charge is 2.10. The molecule has 24 heavy (non-hydrogen) atoms. The molecule has 0 unspecified atom stereocenters. The minimum absolute atomic E-state index is 0.270. The van der Waals surface area contributed by atoms with Gasteiger partial charge in [-0.15, -0.1) is 11.8 Å². The number of amides is 1. The molecule has 0 aliphatic heterocycles. The van der Waals surface area contributed by atoms with Crippen LogP contribution < -0.4 is 15.4 Å². The first-order valence-electron chi connectivity index (χ1n) is 7.09. The summed E-state index contributed by atoms with van der Waals surface area (Å²) in [7, 11) is 1.57. The molecule has 0 spiro atoms. The Bertz CT molecular complexity index is 736. The Morgan fingerprint density at radius 1 is 1.25 bits per heavy atom. The van der Waals surface area contributed by atoms with E-state index in [9.17, 15) is 4.79 Å². The van der Waals surface area contributed by atoms with E-state index in [0.717, 1.165) is 5.56 Å². The van der Waals surface area contributed by atoms with E-state index in [-0.39, 0.29) is 5.91 Å². The van der Waals surface area contributed by atoms with Crippen molar-refractivity contribution in [2.45, 2.75) is 11.4 Å². The Hall–Kier alpha value is -1.57. The molecule has 0 fully saturated rings. The van der Waals surface area contributed by atoms with Gasteiger partial charge in [0.1, 0.15) is 5.75 Å². The predicted molar refractivity (Wildman–Crippen MR) is 106 cm³/mol. The zero-order valence-corrected chi connectivity index (χ0v) is 16.5. The molecule has 0 bridgehead atoms. The van der Waals surface area contributed by atoms with Gasteiger partial charge in [-0.05, 0) is 70.3 Å². The summed E-state index contributed by atoms with van der Waals surface area (Å²) < 4.78 is 5.86. The van der Waals surface area contributed by atoms with E-state index in [2.05, 4.69) is 38.7 Å². The number of carbonyl (C=O) groups excluding carboxylic acids is 1. The fourth-order valence-electron chi connectivity index (χ4n) is 1.95. The predicted octanol–water partition coefficient (Wildman–Crippen LogP) is 3.98. The summed E-state index contributed by atoms with van der Waals surface area (Å²) in [4.78, 5) is 13.4. The normalized spacial score (nSPS) is 10.1. The fraction of sp³-hybridized carbons (Fsp3) is 0.176. The van der Waals surface area contributed by atoms with Crippen LogP contribution in [-0.2, 0) is 6.54 Å². The van der Waals surface area contributed by atoms with E-state index >= 15 is 0 Å². The van der Waals surface area contributed by atoms with Crippen LogP contribution in [0.5, 0.6) is 5.75 Å². The van der Waals surface area contributed by atoms with Gasteiger partial charge < -0.3 is 10.1 Å².